The third kappa shape index (κ3) is 6.03. The summed E-state index contributed by atoms with van der Waals surface area (Å²) in [4.78, 5) is 14.4. The molecule has 1 aromatic carbocycles. The molecule has 0 aliphatic carbocycles. The number of benzene rings is 1. The summed E-state index contributed by atoms with van der Waals surface area (Å²) in [5.74, 6) is 0.887. The topological polar surface area (TPSA) is 53.6 Å². The molecule has 5 nitrogen and oxygen atoms in total. The molecule has 2 rings (SSSR count). The number of carbonyl (C=O) groups excluding carboxylic acids is 1. The van der Waals surface area contributed by atoms with E-state index in [1.165, 1.54) is 0 Å². The lowest BCUT2D eigenvalue weighted by molar-refractivity contribution is -0.120. The monoisotopic (exact) mass is 305 g/mol. The van der Waals surface area contributed by atoms with Gasteiger partial charge in [0.1, 0.15) is 5.75 Å². The highest BCUT2D eigenvalue weighted by atomic mass is 16.5. The van der Waals surface area contributed by atoms with Crippen molar-refractivity contribution in [2.45, 2.75) is 26.4 Å². The van der Waals surface area contributed by atoms with Crippen LogP contribution < -0.4 is 15.4 Å². The number of hydrogen-bond acceptors (Lipinski definition) is 4. The molecule has 5 heteroatoms. The van der Waals surface area contributed by atoms with Gasteiger partial charge in [-0.3, -0.25) is 9.69 Å². The molecule has 0 saturated carbocycles. The van der Waals surface area contributed by atoms with Crippen LogP contribution in [0.4, 0.5) is 0 Å². The summed E-state index contributed by atoms with van der Waals surface area (Å²) in [6.45, 7) is 9.82. The molecule has 1 aromatic rings. The van der Waals surface area contributed by atoms with Crippen molar-refractivity contribution in [3.63, 3.8) is 0 Å². The highest BCUT2D eigenvalue weighted by Crippen LogP contribution is 2.15. The number of nitrogens with zero attached hydrogens (tertiary/aromatic N) is 1. The van der Waals surface area contributed by atoms with E-state index in [2.05, 4.69) is 15.5 Å². The van der Waals surface area contributed by atoms with Crippen molar-refractivity contribution in [2.75, 3.05) is 39.3 Å². The molecule has 1 fully saturated rings. The van der Waals surface area contributed by atoms with Gasteiger partial charge in [0.05, 0.1) is 12.5 Å². The SMILES string of the molecule is CC(C)Oc1cccc(CC(=O)NCCN2CCNCC2)c1. The predicted octanol–water partition coefficient (Wildman–Crippen LogP) is 1.04. The first-order chi connectivity index (χ1) is 10.6. The van der Waals surface area contributed by atoms with E-state index < -0.39 is 0 Å². The fourth-order valence-corrected chi connectivity index (χ4v) is 2.54. The van der Waals surface area contributed by atoms with E-state index in [-0.39, 0.29) is 12.0 Å². The van der Waals surface area contributed by atoms with Crippen LogP contribution in [0.5, 0.6) is 5.75 Å². The lowest BCUT2D eigenvalue weighted by Crippen LogP contribution is -2.46. The van der Waals surface area contributed by atoms with Crippen LogP contribution in [0, 0.1) is 0 Å². The second kappa shape index (κ2) is 8.76. The van der Waals surface area contributed by atoms with Gasteiger partial charge in [0.25, 0.3) is 0 Å². The van der Waals surface area contributed by atoms with Gasteiger partial charge in [-0.1, -0.05) is 12.1 Å². The first kappa shape index (κ1) is 16.8. The second-order valence-corrected chi connectivity index (χ2v) is 5.93. The van der Waals surface area contributed by atoms with Crippen LogP contribution >= 0.6 is 0 Å². The number of nitrogens with one attached hydrogen (secondary N) is 2. The number of hydrogen-bond donors (Lipinski definition) is 2. The minimum atomic E-state index is 0.0665. The third-order valence-electron chi connectivity index (χ3n) is 3.59. The van der Waals surface area contributed by atoms with Gasteiger partial charge in [0, 0.05) is 39.3 Å². The van der Waals surface area contributed by atoms with Gasteiger partial charge in [0.2, 0.25) is 5.91 Å². The normalized spacial score (nSPS) is 15.8. The molecular weight excluding hydrogens is 278 g/mol. The van der Waals surface area contributed by atoms with E-state index in [1.54, 1.807) is 0 Å². The van der Waals surface area contributed by atoms with Crippen LogP contribution in [0.25, 0.3) is 0 Å². The van der Waals surface area contributed by atoms with E-state index in [0.29, 0.717) is 13.0 Å². The smallest absolute Gasteiger partial charge is 0.224 e. The summed E-state index contributed by atoms with van der Waals surface area (Å²) in [7, 11) is 0. The fourth-order valence-electron chi connectivity index (χ4n) is 2.54. The number of ether oxygens (including phenoxy) is 1. The molecule has 1 saturated heterocycles. The molecule has 1 heterocycles. The maximum Gasteiger partial charge on any atom is 0.224 e. The molecule has 0 spiro atoms. The molecular formula is C17H27N3O2. The van der Waals surface area contributed by atoms with Crippen molar-refractivity contribution in [1.82, 2.24) is 15.5 Å². The maximum atomic E-state index is 12.0. The molecule has 0 atom stereocenters. The van der Waals surface area contributed by atoms with Crippen molar-refractivity contribution < 1.29 is 9.53 Å². The number of carbonyl (C=O) groups is 1. The molecule has 1 aliphatic heterocycles. The minimum absolute atomic E-state index is 0.0665. The molecule has 0 bridgehead atoms. The Hall–Kier alpha value is -1.59. The lowest BCUT2D eigenvalue weighted by atomic mass is 10.1. The van der Waals surface area contributed by atoms with Crippen LogP contribution in [0.2, 0.25) is 0 Å². The molecule has 0 unspecified atom stereocenters. The molecule has 2 N–H and O–H groups in total. The standard InChI is InChI=1S/C17H27N3O2/c1-14(2)22-16-5-3-4-15(12-16)13-17(21)19-8-11-20-9-6-18-7-10-20/h3-5,12,14,18H,6-11,13H2,1-2H3,(H,19,21). The van der Waals surface area contributed by atoms with Crippen molar-refractivity contribution in [2.24, 2.45) is 0 Å². The average molecular weight is 305 g/mol. The quantitative estimate of drug-likeness (QED) is 0.790. The summed E-state index contributed by atoms with van der Waals surface area (Å²) in [5.41, 5.74) is 0.984. The molecule has 22 heavy (non-hydrogen) atoms. The summed E-state index contributed by atoms with van der Waals surface area (Å²) >= 11 is 0. The molecule has 0 aromatic heterocycles. The summed E-state index contributed by atoms with van der Waals surface area (Å²) in [6, 6.07) is 7.76. The van der Waals surface area contributed by atoms with Gasteiger partial charge in [-0.2, -0.15) is 0 Å². The van der Waals surface area contributed by atoms with Crippen LogP contribution in [0.15, 0.2) is 24.3 Å². The van der Waals surface area contributed by atoms with Gasteiger partial charge >= 0.3 is 0 Å². The third-order valence-corrected chi connectivity index (χ3v) is 3.59. The first-order valence-corrected chi connectivity index (χ1v) is 8.09. The van der Waals surface area contributed by atoms with E-state index >= 15 is 0 Å². The fraction of sp³-hybridized carbons (Fsp3) is 0.588. The largest absolute Gasteiger partial charge is 0.491 e. The van der Waals surface area contributed by atoms with Crippen molar-refractivity contribution in [3.05, 3.63) is 29.8 Å². The summed E-state index contributed by atoms with van der Waals surface area (Å²) in [5, 5.41) is 6.32. The van der Waals surface area contributed by atoms with E-state index in [9.17, 15) is 4.79 Å². The number of piperazine rings is 1. The van der Waals surface area contributed by atoms with E-state index in [4.69, 9.17) is 4.74 Å². The van der Waals surface area contributed by atoms with Gasteiger partial charge in [-0.05, 0) is 31.5 Å². The van der Waals surface area contributed by atoms with Crippen LogP contribution in [0.1, 0.15) is 19.4 Å². The van der Waals surface area contributed by atoms with Crippen molar-refractivity contribution in [1.29, 1.82) is 0 Å². The van der Waals surface area contributed by atoms with Gasteiger partial charge < -0.3 is 15.4 Å². The Morgan fingerprint density at radius 1 is 1.36 bits per heavy atom. The average Bonchev–Trinajstić information content (AvgIpc) is 2.48. The summed E-state index contributed by atoms with van der Waals surface area (Å²) < 4.78 is 5.65. The van der Waals surface area contributed by atoms with Crippen molar-refractivity contribution in [3.8, 4) is 5.75 Å². The highest BCUT2D eigenvalue weighted by Gasteiger charge is 2.10. The molecule has 0 radical (unpaired) electrons. The second-order valence-electron chi connectivity index (χ2n) is 5.93. The number of amides is 1. The Balaban J connectivity index is 1.72. The van der Waals surface area contributed by atoms with E-state index in [0.717, 1.165) is 44.0 Å². The van der Waals surface area contributed by atoms with Gasteiger partial charge in [-0.15, -0.1) is 0 Å². The minimum Gasteiger partial charge on any atom is -0.491 e. The van der Waals surface area contributed by atoms with Crippen molar-refractivity contribution >= 4 is 5.91 Å². The molecule has 1 amide bonds. The van der Waals surface area contributed by atoms with Gasteiger partial charge in [-0.25, -0.2) is 0 Å². The van der Waals surface area contributed by atoms with E-state index in [1.807, 2.05) is 38.1 Å². The zero-order chi connectivity index (χ0) is 15.8. The van der Waals surface area contributed by atoms with Crippen LogP contribution in [0.3, 0.4) is 0 Å². The zero-order valence-electron chi connectivity index (χ0n) is 13.6. The lowest BCUT2D eigenvalue weighted by Gasteiger charge is -2.27. The van der Waals surface area contributed by atoms with Gasteiger partial charge in [0.15, 0.2) is 0 Å². The Bertz CT molecular complexity index is 471. The van der Waals surface area contributed by atoms with Crippen LogP contribution in [-0.4, -0.2) is 56.2 Å². The number of rotatable bonds is 7. The van der Waals surface area contributed by atoms with Crippen LogP contribution in [-0.2, 0) is 11.2 Å². The predicted molar refractivity (Wildman–Crippen MR) is 88.2 cm³/mol. The Morgan fingerprint density at radius 3 is 2.86 bits per heavy atom. The first-order valence-electron chi connectivity index (χ1n) is 8.09. The molecule has 1 aliphatic rings. The Labute approximate surface area is 133 Å². The zero-order valence-corrected chi connectivity index (χ0v) is 13.6. The maximum absolute atomic E-state index is 12.0. The highest BCUT2D eigenvalue weighted by molar-refractivity contribution is 5.78. The molecule has 122 valence electrons. The Morgan fingerprint density at radius 2 is 2.14 bits per heavy atom. The Kier molecular flexibility index (Phi) is 6.68. The summed E-state index contributed by atoms with van der Waals surface area (Å²) in [6.07, 6.45) is 0.541.